The molecule has 4 fully saturated rings. The van der Waals surface area contributed by atoms with Gasteiger partial charge in [0.1, 0.15) is 0 Å². The lowest BCUT2D eigenvalue weighted by atomic mass is 9.42. The van der Waals surface area contributed by atoms with E-state index in [2.05, 4.69) is 46.8 Å². The van der Waals surface area contributed by atoms with Crippen molar-refractivity contribution in [2.24, 2.45) is 46.3 Å². The molecule has 0 aromatic carbocycles. The van der Waals surface area contributed by atoms with Crippen LogP contribution in [0.25, 0.3) is 0 Å². The fourth-order valence-electron chi connectivity index (χ4n) is 8.86. The first-order valence-corrected chi connectivity index (χ1v) is 12.8. The van der Waals surface area contributed by atoms with Crippen LogP contribution in [0.3, 0.4) is 0 Å². The fourth-order valence-corrected chi connectivity index (χ4v) is 8.86. The molecule has 0 aromatic rings. The van der Waals surface area contributed by atoms with Crippen LogP contribution in [-0.2, 0) is 0 Å². The summed E-state index contributed by atoms with van der Waals surface area (Å²) in [6.45, 7) is 11.7. The van der Waals surface area contributed by atoms with Crippen molar-refractivity contribution in [1.29, 1.82) is 0 Å². The van der Waals surface area contributed by atoms with E-state index < -0.39 is 17.8 Å². The zero-order valence-electron chi connectivity index (χ0n) is 20.0. The average molecular weight is 419 g/mol. The maximum Gasteiger partial charge on any atom is 0.0985 e. The minimum Gasteiger partial charge on any atom is -0.393 e. The Hall–Kier alpha value is -0.380. The Labute approximate surface area is 184 Å². The first-order chi connectivity index (χ1) is 14.0. The summed E-state index contributed by atoms with van der Waals surface area (Å²) in [6.07, 6.45) is 12.5. The second-order valence-corrected chi connectivity index (χ2v) is 12.5. The number of aliphatic hydroxyl groups is 3. The summed E-state index contributed by atoms with van der Waals surface area (Å²) in [5.74, 6) is 3.70. The molecule has 3 nitrogen and oxygen atoms in total. The topological polar surface area (TPSA) is 60.7 Å². The number of hydrogen-bond donors (Lipinski definition) is 3. The number of allylic oxidation sites excluding steroid dienone is 2. The van der Waals surface area contributed by atoms with Crippen molar-refractivity contribution in [3.8, 4) is 0 Å². The molecule has 4 rings (SSSR count). The molecule has 0 bridgehead atoms. The quantitative estimate of drug-likeness (QED) is 0.541. The second kappa shape index (κ2) is 7.89. The van der Waals surface area contributed by atoms with Gasteiger partial charge in [-0.3, -0.25) is 0 Å². The minimum atomic E-state index is -1.12. The van der Waals surface area contributed by atoms with E-state index in [0.29, 0.717) is 47.8 Å². The van der Waals surface area contributed by atoms with Gasteiger partial charge in [0, 0.05) is 11.8 Å². The van der Waals surface area contributed by atoms with E-state index in [9.17, 15) is 15.3 Å². The Balaban J connectivity index is 1.57. The Bertz CT molecular complexity index is 658. The Morgan fingerprint density at radius 2 is 1.70 bits per heavy atom. The second-order valence-electron chi connectivity index (χ2n) is 12.5. The molecule has 0 amide bonds. The zero-order valence-corrected chi connectivity index (χ0v) is 20.0. The van der Waals surface area contributed by atoms with E-state index >= 15 is 0 Å². The predicted molar refractivity (Wildman–Crippen MR) is 122 cm³/mol. The van der Waals surface area contributed by atoms with Gasteiger partial charge in [-0.25, -0.2) is 0 Å². The highest BCUT2D eigenvalue weighted by molar-refractivity contribution is 5.17. The standard InChI is InChI=1S/C27H46O3/c1-17(2)7-6-8-18(3)21-9-10-22-20-15-24(29)27(30)16-19(28)11-14-26(27,5)23(20)12-13-25(21,22)4/h6,8,17-24,28-30H,7,9-16H2,1-5H3/t18-,19+,20+,21-,22+,23+,24-,25-,26-,27+/m1/s1. The minimum absolute atomic E-state index is 0.267. The molecule has 10 atom stereocenters. The molecule has 0 radical (unpaired) electrons. The first kappa shape index (κ1) is 22.8. The highest BCUT2D eigenvalue weighted by Crippen LogP contribution is 2.69. The number of aliphatic hydroxyl groups excluding tert-OH is 2. The smallest absolute Gasteiger partial charge is 0.0985 e. The third-order valence-corrected chi connectivity index (χ3v) is 10.6. The summed E-state index contributed by atoms with van der Waals surface area (Å²) in [5, 5.41) is 33.0. The molecule has 0 aromatic heterocycles. The van der Waals surface area contributed by atoms with Crippen molar-refractivity contribution < 1.29 is 15.3 Å². The van der Waals surface area contributed by atoms with Gasteiger partial charge >= 0.3 is 0 Å². The summed E-state index contributed by atoms with van der Waals surface area (Å²) in [7, 11) is 0. The van der Waals surface area contributed by atoms with Crippen LogP contribution in [-0.4, -0.2) is 33.1 Å². The third kappa shape index (κ3) is 3.33. The highest BCUT2D eigenvalue weighted by Gasteiger charge is 2.67. The van der Waals surface area contributed by atoms with Crippen LogP contribution in [0.1, 0.15) is 92.4 Å². The normalized spacial score (nSPS) is 52.2. The van der Waals surface area contributed by atoms with Gasteiger partial charge in [0.15, 0.2) is 0 Å². The lowest BCUT2D eigenvalue weighted by molar-refractivity contribution is -0.264. The maximum atomic E-state index is 11.6. The Morgan fingerprint density at radius 1 is 0.967 bits per heavy atom. The molecule has 0 saturated heterocycles. The van der Waals surface area contributed by atoms with Gasteiger partial charge in [0.25, 0.3) is 0 Å². The van der Waals surface area contributed by atoms with Crippen molar-refractivity contribution >= 4 is 0 Å². The van der Waals surface area contributed by atoms with Crippen molar-refractivity contribution in [1.82, 2.24) is 0 Å². The van der Waals surface area contributed by atoms with Crippen LogP contribution in [0.2, 0.25) is 0 Å². The van der Waals surface area contributed by atoms with Gasteiger partial charge in [0.2, 0.25) is 0 Å². The third-order valence-electron chi connectivity index (χ3n) is 10.6. The summed E-state index contributed by atoms with van der Waals surface area (Å²) in [5.41, 5.74) is -1.04. The molecule has 0 aliphatic heterocycles. The number of rotatable bonds is 4. The molecule has 3 heteroatoms. The van der Waals surface area contributed by atoms with E-state index in [1.165, 1.54) is 19.3 Å². The molecule has 172 valence electrons. The molecule has 0 heterocycles. The predicted octanol–water partition coefficient (Wildman–Crippen LogP) is 5.33. The molecule has 3 N–H and O–H groups in total. The van der Waals surface area contributed by atoms with Crippen molar-refractivity contribution in [3.63, 3.8) is 0 Å². The summed E-state index contributed by atoms with van der Waals surface area (Å²) < 4.78 is 0. The van der Waals surface area contributed by atoms with Crippen LogP contribution in [0.4, 0.5) is 0 Å². The van der Waals surface area contributed by atoms with E-state index in [1.807, 2.05) is 0 Å². The van der Waals surface area contributed by atoms with Crippen LogP contribution in [0.15, 0.2) is 12.2 Å². The highest BCUT2D eigenvalue weighted by atomic mass is 16.3. The maximum absolute atomic E-state index is 11.6. The molecule has 0 unspecified atom stereocenters. The van der Waals surface area contributed by atoms with Crippen molar-refractivity contribution in [2.45, 2.75) is 110 Å². The SMILES string of the molecule is CC(C)CC=C[C@@H](C)[C@H]1CC[C@H]2[C@@H]3C[C@@H](O)[C@@]4(O)C[C@@H](O)CC[C@]4(C)[C@H]3CC[C@]12C. The van der Waals surface area contributed by atoms with E-state index in [-0.39, 0.29) is 5.41 Å². The van der Waals surface area contributed by atoms with Crippen LogP contribution in [0.5, 0.6) is 0 Å². The van der Waals surface area contributed by atoms with E-state index in [0.717, 1.165) is 31.6 Å². The first-order valence-electron chi connectivity index (χ1n) is 12.8. The molecule has 30 heavy (non-hydrogen) atoms. The zero-order chi connectivity index (χ0) is 21.9. The summed E-state index contributed by atoms with van der Waals surface area (Å²) >= 11 is 0. The van der Waals surface area contributed by atoms with Gasteiger partial charge in [-0.1, -0.05) is 46.8 Å². The molecule has 4 aliphatic rings. The van der Waals surface area contributed by atoms with Crippen LogP contribution < -0.4 is 0 Å². The number of hydrogen-bond acceptors (Lipinski definition) is 3. The molecule has 4 saturated carbocycles. The lowest BCUT2D eigenvalue weighted by Gasteiger charge is -2.65. The molecule has 4 aliphatic carbocycles. The van der Waals surface area contributed by atoms with Crippen LogP contribution in [0, 0.1) is 46.3 Å². The fraction of sp³-hybridized carbons (Fsp3) is 0.926. The largest absolute Gasteiger partial charge is 0.393 e. The van der Waals surface area contributed by atoms with E-state index in [4.69, 9.17) is 0 Å². The van der Waals surface area contributed by atoms with E-state index in [1.54, 1.807) is 0 Å². The lowest BCUT2D eigenvalue weighted by Crippen LogP contribution is -2.68. The molecular formula is C27H46O3. The molecular weight excluding hydrogens is 372 g/mol. The monoisotopic (exact) mass is 418 g/mol. The molecule has 0 spiro atoms. The van der Waals surface area contributed by atoms with Crippen molar-refractivity contribution in [2.75, 3.05) is 0 Å². The van der Waals surface area contributed by atoms with Crippen LogP contribution >= 0.6 is 0 Å². The Morgan fingerprint density at radius 3 is 2.40 bits per heavy atom. The van der Waals surface area contributed by atoms with Gasteiger partial charge in [-0.05, 0) is 92.3 Å². The summed E-state index contributed by atoms with van der Waals surface area (Å²) in [4.78, 5) is 0. The van der Waals surface area contributed by atoms with Gasteiger partial charge in [-0.2, -0.15) is 0 Å². The van der Waals surface area contributed by atoms with Gasteiger partial charge < -0.3 is 15.3 Å². The number of fused-ring (bicyclic) bond motifs is 5. The average Bonchev–Trinajstić information content (AvgIpc) is 3.01. The van der Waals surface area contributed by atoms with Crippen molar-refractivity contribution in [3.05, 3.63) is 12.2 Å². The van der Waals surface area contributed by atoms with Gasteiger partial charge in [-0.15, -0.1) is 0 Å². The Kier molecular flexibility index (Phi) is 5.99. The van der Waals surface area contributed by atoms with Gasteiger partial charge in [0.05, 0.1) is 17.8 Å². The summed E-state index contributed by atoms with van der Waals surface area (Å²) in [6, 6.07) is 0.